The summed E-state index contributed by atoms with van der Waals surface area (Å²) in [7, 11) is 0. The molecular formula is C15H22O. The Bertz CT molecular complexity index is 373. The first kappa shape index (κ1) is 11.6. The van der Waals surface area contributed by atoms with Crippen LogP contribution in [0.4, 0.5) is 0 Å². The average Bonchev–Trinajstić information content (AvgIpc) is 2.15. The summed E-state index contributed by atoms with van der Waals surface area (Å²) in [4.78, 5) is 11.7. The summed E-state index contributed by atoms with van der Waals surface area (Å²) in [5, 5.41) is 0. The van der Waals surface area contributed by atoms with E-state index in [1.807, 2.05) is 0 Å². The van der Waals surface area contributed by atoms with E-state index in [0.717, 1.165) is 19.3 Å². The van der Waals surface area contributed by atoms with Gasteiger partial charge in [0.1, 0.15) is 5.78 Å². The predicted molar refractivity (Wildman–Crippen MR) is 67.2 cm³/mol. The molecule has 1 spiro atoms. The maximum absolute atomic E-state index is 11.7. The topological polar surface area (TPSA) is 17.1 Å². The quantitative estimate of drug-likeness (QED) is 0.561. The molecule has 0 saturated heterocycles. The van der Waals surface area contributed by atoms with Crippen LogP contribution in [-0.2, 0) is 4.79 Å². The molecule has 0 aliphatic heterocycles. The zero-order valence-corrected chi connectivity index (χ0v) is 10.7. The van der Waals surface area contributed by atoms with Crippen LogP contribution in [-0.4, -0.2) is 5.78 Å². The highest BCUT2D eigenvalue weighted by Gasteiger charge is 2.50. The van der Waals surface area contributed by atoms with Crippen LogP contribution in [0.5, 0.6) is 0 Å². The third kappa shape index (κ3) is 1.57. The molecule has 1 nitrogen and oxygen atoms in total. The second kappa shape index (κ2) is 3.58. The smallest absolute Gasteiger partial charge is 0.137 e. The average molecular weight is 218 g/mol. The summed E-state index contributed by atoms with van der Waals surface area (Å²) in [5.41, 5.74) is 2.93. The van der Waals surface area contributed by atoms with Crippen LogP contribution in [0.25, 0.3) is 0 Å². The van der Waals surface area contributed by atoms with Gasteiger partial charge in [-0.1, -0.05) is 37.6 Å². The van der Waals surface area contributed by atoms with E-state index >= 15 is 0 Å². The Balaban J connectivity index is 2.38. The van der Waals surface area contributed by atoms with Gasteiger partial charge >= 0.3 is 0 Å². The second-order valence-corrected chi connectivity index (χ2v) is 6.22. The van der Waals surface area contributed by atoms with Gasteiger partial charge in [-0.25, -0.2) is 0 Å². The van der Waals surface area contributed by atoms with Crippen molar-refractivity contribution in [1.29, 1.82) is 0 Å². The van der Waals surface area contributed by atoms with Gasteiger partial charge in [0.2, 0.25) is 0 Å². The fourth-order valence-corrected chi connectivity index (χ4v) is 3.51. The number of hydrogen-bond donors (Lipinski definition) is 0. The molecule has 0 N–H and O–H groups in total. The molecule has 0 aromatic rings. The molecule has 2 aliphatic carbocycles. The lowest BCUT2D eigenvalue weighted by Gasteiger charge is -2.52. The number of carbonyl (C=O) groups is 1. The molecule has 2 aliphatic rings. The van der Waals surface area contributed by atoms with E-state index in [2.05, 4.69) is 33.4 Å². The van der Waals surface area contributed by atoms with Crippen LogP contribution in [0, 0.1) is 10.8 Å². The van der Waals surface area contributed by atoms with Crippen LogP contribution >= 0.6 is 0 Å². The molecule has 1 atom stereocenters. The Labute approximate surface area is 98.6 Å². The Morgan fingerprint density at radius 3 is 2.56 bits per heavy atom. The monoisotopic (exact) mass is 218 g/mol. The number of carbonyl (C=O) groups excluding carboxylic acids is 1. The largest absolute Gasteiger partial charge is 0.299 e. The molecule has 0 aromatic heterocycles. The molecule has 0 amide bonds. The lowest BCUT2D eigenvalue weighted by Crippen LogP contribution is -2.45. The normalized spacial score (nSPS) is 34.1. The van der Waals surface area contributed by atoms with E-state index in [1.165, 1.54) is 17.6 Å². The van der Waals surface area contributed by atoms with E-state index in [9.17, 15) is 4.79 Å². The third-order valence-electron chi connectivity index (χ3n) is 4.77. The van der Waals surface area contributed by atoms with Crippen molar-refractivity contribution < 1.29 is 4.79 Å². The lowest BCUT2D eigenvalue weighted by atomic mass is 9.51. The zero-order chi connectivity index (χ0) is 12.0. The molecule has 16 heavy (non-hydrogen) atoms. The number of rotatable bonds is 0. The molecular weight excluding hydrogens is 196 g/mol. The van der Waals surface area contributed by atoms with E-state index in [-0.39, 0.29) is 10.8 Å². The SMILES string of the molecule is C=C1CC(=O)CC(C)(C)[C@@]12CC=C(C)CC2. The van der Waals surface area contributed by atoms with E-state index in [1.54, 1.807) is 0 Å². The van der Waals surface area contributed by atoms with Crippen molar-refractivity contribution in [3.8, 4) is 0 Å². The Morgan fingerprint density at radius 1 is 1.38 bits per heavy atom. The summed E-state index contributed by atoms with van der Waals surface area (Å²) >= 11 is 0. The van der Waals surface area contributed by atoms with Gasteiger partial charge in [0.25, 0.3) is 0 Å². The van der Waals surface area contributed by atoms with E-state index < -0.39 is 0 Å². The molecule has 1 saturated carbocycles. The summed E-state index contributed by atoms with van der Waals surface area (Å²) < 4.78 is 0. The second-order valence-electron chi connectivity index (χ2n) is 6.22. The molecule has 0 bridgehead atoms. The maximum atomic E-state index is 11.7. The summed E-state index contributed by atoms with van der Waals surface area (Å²) in [5.74, 6) is 0.368. The van der Waals surface area contributed by atoms with Gasteiger partial charge < -0.3 is 0 Å². The van der Waals surface area contributed by atoms with Crippen molar-refractivity contribution in [2.75, 3.05) is 0 Å². The van der Waals surface area contributed by atoms with Gasteiger partial charge in [0.05, 0.1) is 0 Å². The first-order valence-electron chi connectivity index (χ1n) is 6.23. The predicted octanol–water partition coefficient (Wildman–Crippen LogP) is 4.05. The van der Waals surface area contributed by atoms with Crippen LogP contribution in [0.1, 0.15) is 52.9 Å². The Morgan fingerprint density at radius 2 is 2.06 bits per heavy atom. The fraction of sp³-hybridized carbons (Fsp3) is 0.667. The van der Waals surface area contributed by atoms with Crippen molar-refractivity contribution >= 4 is 5.78 Å². The molecule has 0 radical (unpaired) electrons. The fourth-order valence-electron chi connectivity index (χ4n) is 3.51. The van der Waals surface area contributed by atoms with Gasteiger partial charge in [-0.3, -0.25) is 4.79 Å². The molecule has 1 fully saturated rings. The van der Waals surface area contributed by atoms with Gasteiger partial charge in [0, 0.05) is 18.3 Å². The van der Waals surface area contributed by atoms with Crippen molar-refractivity contribution in [2.24, 2.45) is 10.8 Å². The minimum absolute atomic E-state index is 0.0800. The first-order valence-corrected chi connectivity index (χ1v) is 6.23. The number of hydrogen-bond acceptors (Lipinski definition) is 1. The number of ketones is 1. The lowest BCUT2D eigenvalue weighted by molar-refractivity contribution is -0.125. The van der Waals surface area contributed by atoms with Crippen molar-refractivity contribution in [3.63, 3.8) is 0 Å². The van der Waals surface area contributed by atoms with Gasteiger partial charge in [0.15, 0.2) is 0 Å². The highest BCUT2D eigenvalue weighted by molar-refractivity contribution is 5.83. The summed E-state index contributed by atoms with van der Waals surface area (Å²) in [6.45, 7) is 10.9. The standard InChI is InChI=1S/C15H22O/c1-11-5-7-15(8-6-11)12(2)9-13(16)10-14(15,3)4/h5H,2,6-10H2,1,3-4H3/t15-/m1/s1. The van der Waals surface area contributed by atoms with Crippen LogP contribution in [0.15, 0.2) is 23.8 Å². The molecule has 88 valence electrons. The highest BCUT2D eigenvalue weighted by Crippen LogP contribution is 2.58. The first-order chi connectivity index (χ1) is 7.37. The van der Waals surface area contributed by atoms with Crippen LogP contribution < -0.4 is 0 Å². The van der Waals surface area contributed by atoms with E-state index in [4.69, 9.17) is 0 Å². The molecule has 1 heteroatoms. The molecule has 0 aromatic carbocycles. The minimum Gasteiger partial charge on any atom is -0.299 e. The van der Waals surface area contributed by atoms with Crippen LogP contribution in [0.3, 0.4) is 0 Å². The number of Topliss-reactive ketones (excluding diaryl/α,β-unsaturated/α-hetero) is 1. The molecule has 0 unspecified atom stereocenters. The Hall–Kier alpha value is -0.850. The Kier molecular flexibility index (Phi) is 2.60. The maximum Gasteiger partial charge on any atom is 0.137 e. The van der Waals surface area contributed by atoms with Crippen molar-refractivity contribution in [2.45, 2.75) is 52.9 Å². The van der Waals surface area contributed by atoms with Gasteiger partial charge in [-0.15, -0.1) is 0 Å². The van der Waals surface area contributed by atoms with Crippen molar-refractivity contribution in [3.05, 3.63) is 23.8 Å². The van der Waals surface area contributed by atoms with E-state index in [0.29, 0.717) is 12.2 Å². The highest BCUT2D eigenvalue weighted by atomic mass is 16.1. The minimum atomic E-state index is 0.0800. The third-order valence-corrected chi connectivity index (χ3v) is 4.77. The summed E-state index contributed by atoms with van der Waals surface area (Å²) in [6.07, 6.45) is 7.10. The van der Waals surface area contributed by atoms with Gasteiger partial charge in [-0.2, -0.15) is 0 Å². The van der Waals surface area contributed by atoms with Crippen molar-refractivity contribution in [1.82, 2.24) is 0 Å². The van der Waals surface area contributed by atoms with Gasteiger partial charge in [-0.05, 0) is 31.6 Å². The zero-order valence-electron chi connectivity index (χ0n) is 10.7. The molecule has 2 rings (SSSR count). The van der Waals surface area contributed by atoms with Crippen LogP contribution in [0.2, 0.25) is 0 Å². The molecule has 0 heterocycles. The number of allylic oxidation sites excluding steroid dienone is 3. The summed E-state index contributed by atoms with van der Waals surface area (Å²) in [6, 6.07) is 0.